The fraction of sp³-hybridized carbons (Fsp3) is 0.562. The van der Waals surface area contributed by atoms with E-state index < -0.39 is 5.60 Å². The molecule has 1 aliphatic carbocycles. The van der Waals surface area contributed by atoms with E-state index >= 15 is 0 Å². The largest absolute Gasteiger partial charge is 0.388 e. The molecule has 20 heavy (non-hydrogen) atoms. The van der Waals surface area contributed by atoms with Crippen molar-refractivity contribution in [3.8, 4) is 0 Å². The van der Waals surface area contributed by atoms with E-state index in [9.17, 15) is 9.90 Å². The number of urea groups is 1. The zero-order chi connectivity index (χ0) is 14.4. The molecular formula is C16H24N2O2. The molecule has 1 aromatic rings. The van der Waals surface area contributed by atoms with Gasteiger partial charge in [0.15, 0.2) is 0 Å². The predicted molar refractivity (Wildman–Crippen MR) is 79.7 cm³/mol. The van der Waals surface area contributed by atoms with Crippen LogP contribution in [-0.4, -0.2) is 29.8 Å². The van der Waals surface area contributed by atoms with Crippen molar-refractivity contribution in [3.05, 3.63) is 35.4 Å². The Labute approximate surface area is 120 Å². The summed E-state index contributed by atoms with van der Waals surface area (Å²) in [7, 11) is 0. The molecule has 0 spiro atoms. The molecule has 0 aliphatic heterocycles. The first-order valence-electron chi connectivity index (χ1n) is 7.43. The molecule has 1 saturated carbocycles. The minimum absolute atomic E-state index is 0.199. The van der Waals surface area contributed by atoms with Crippen molar-refractivity contribution in [2.24, 2.45) is 0 Å². The molecule has 2 amide bonds. The highest BCUT2D eigenvalue weighted by molar-refractivity contribution is 5.73. The maximum absolute atomic E-state index is 11.6. The predicted octanol–water partition coefficient (Wildman–Crippen LogP) is 2.01. The van der Waals surface area contributed by atoms with Gasteiger partial charge >= 0.3 is 6.03 Å². The summed E-state index contributed by atoms with van der Waals surface area (Å²) in [4.78, 5) is 11.6. The third-order valence-electron chi connectivity index (χ3n) is 3.99. The van der Waals surface area contributed by atoms with Gasteiger partial charge < -0.3 is 15.7 Å². The normalized spacial score (nSPS) is 16.3. The van der Waals surface area contributed by atoms with Crippen molar-refractivity contribution in [3.63, 3.8) is 0 Å². The van der Waals surface area contributed by atoms with Gasteiger partial charge in [-0.05, 0) is 43.2 Å². The topological polar surface area (TPSA) is 61.4 Å². The molecule has 0 aromatic heterocycles. The standard InChI is InChI=1S/C16H24N2O2/c1-2-13-4-6-14(7-5-13)8-11-17-15(19)18-12-16(20)9-3-10-16/h4-7,20H,2-3,8-12H2,1H3,(H2,17,18,19). The maximum Gasteiger partial charge on any atom is 0.314 e. The molecule has 4 heteroatoms. The van der Waals surface area contributed by atoms with Gasteiger partial charge in [0, 0.05) is 13.1 Å². The molecule has 2 rings (SSSR count). The van der Waals surface area contributed by atoms with E-state index in [-0.39, 0.29) is 6.03 Å². The average Bonchev–Trinajstić information content (AvgIpc) is 2.44. The minimum Gasteiger partial charge on any atom is -0.388 e. The van der Waals surface area contributed by atoms with Gasteiger partial charge in [0.2, 0.25) is 0 Å². The molecule has 1 aliphatic rings. The Balaban J connectivity index is 1.63. The number of aliphatic hydroxyl groups is 1. The van der Waals surface area contributed by atoms with E-state index in [2.05, 4.69) is 41.8 Å². The lowest BCUT2D eigenvalue weighted by Gasteiger charge is -2.36. The van der Waals surface area contributed by atoms with Crippen LogP contribution in [0.25, 0.3) is 0 Å². The van der Waals surface area contributed by atoms with Crippen molar-refractivity contribution in [2.45, 2.75) is 44.6 Å². The fourth-order valence-electron chi connectivity index (χ4n) is 2.33. The number of benzene rings is 1. The molecule has 0 heterocycles. The van der Waals surface area contributed by atoms with Gasteiger partial charge in [-0.2, -0.15) is 0 Å². The molecule has 4 nitrogen and oxygen atoms in total. The molecule has 0 atom stereocenters. The summed E-state index contributed by atoms with van der Waals surface area (Å²) in [6.07, 6.45) is 4.49. The number of hydrogen-bond donors (Lipinski definition) is 3. The Morgan fingerprint density at radius 3 is 2.40 bits per heavy atom. The van der Waals surface area contributed by atoms with Gasteiger partial charge in [-0.1, -0.05) is 31.2 Å². The van der Waals surface area contributed by atoms with Gasteiger partial charge in [0.05, 0.1) is 5.60 Å². The highest BCUT2D eigenvalue weighted by atomic mass is 16.3. The second-order valence-electron chi connectivity index (χ2n) is 5.61. The monoisotopic (exact) mass is 276 g/mol. The minimum atomic E-state index is -0.659. The zero-order valence-corrected chi connectivity index (χ0v) is 12.1. The quantitative estimate of drug-likeness (QED) is 0.744. The highest BCUT2D eigenvalue weighted by Crippen LogP contribution is 2.30. The summed E-state index contributed by atoms with van der Waals surface area (Å²) in [6.45, 7) is 3.09. The summed E-state index contributed by atoms with van der Waals surface area (Å²) in [5.74, 6) is 0. The van der Waals surface area contributed by atoms with Crippen LogP contribution in [0.15, 0.2) is 24.3 Å². The van der Waals surface area contributed by atoms with E-state index in [1.807, 2.05) is 0 Å². The molecule has 0 saturated heterocycles. The number of rotatable bonds is 6. The zero-order valence-electron chi connectivity index (χ0n) is 12.1. The van der Waals surface area contributed by atoms with E-state index in [0.29, 0.717) is 13.1 Å². The van der Waals surface area contributed by atoms with Crippen LogP contribution in [0.1, 0.15) is 37.3 Å². The SMILES string of the molecule is CCc1ccc(CCNC(=O)NCC2(O)CCC2)cc1. The Morgan fingerprint density at radius 1 is 1.20 bits per heavy atom. The molecule has 3 N–H and O–H groups in total. The van der Waals surface area contributed by atoms with Crippen LogP contribution in [0.2, 0.25) is 0 Å². The van der Waals surface area contributed by atoms with Crippen molar-refractivity contribution in [1.82, 2.24) is 10.6 Å². The molecule has 0 radical (unpaired) electrons. The number of aryl methyl sites for hydroxylation is 1. The lowest BCUT2D eigenvalue weighted by molar-refractivity contribution is -0.0290. The number of carbonyl (C=O) groups excluding carboxylic acids is 1. The fourth-order valence-corrected chi connectivity index (χ4v) is 2.33. The van der Waals surface area contributed by atoms with Crippen LogP contribution in [0.4, 0.5) is 4.79 Å². The number of nitrogens with one attached hydrogen (secondary N) is 2. The molecule has 110 valence electrons. The van der Waals surface area contributed by atoms with E-state index in [1.165, 1.54) is 11.1 Å². The molecule has 1 aromatic carbocycles. The first kappa shape index (κ1) is 14.9. The van der Waals surface area contributed by atoms with Crippen molar-refractivity contribution < 1.29 is 9.90 Å². The summed E-state index contributed by atoms with van der Waals surface area (Å²) >= 11 is 0. The van der Waals surface area contributed by atoms with Gasteiger partial charge in [0.25, 0.3) is 0 Å². The van der Waals surface area contributed by atoms with E-state index in [4.69, 9.17) is 0 Å². The van der Waals surface area contributed by atoms with Gasteiger partial charge in [0.1, 0.15) is 0 Å². The van der Waals surface area contributed by atoms with Crippen molar-refractivity contribution in [2.75, 3.05) is 13.1 Å². The average molecular weight is 276 g/mol. The summed E-state index contributed by atoms with van der Waals surface area (Å²) < 4.78 is 0. The summed E-state index contributed by atoms with van der Waals surface area (Å²) in [5.41, 5.74) is 1.89. The number of amides is 2. The van der Waals surface area contributed by atoms with Crippen LogP contribution in [0, 0.1) is 0 Å². The Kier molecular flexibility index (Phi) is 5.01. The summed E-state index contributed by atoms with van der Waals surface area (Å²) in [6, 6.07) is 8.27. The third-order valence-corrected chi connectivity index (χ3v) is 3.99. The summed E-state index contributed by atoms with van der Waals surface area (Å²) in [5, 5.41) is 15.4. The molecule has 0 bridgehead atoms. The molecule has 0 unspecified atom stereocenters. The second kappa shape index (κ2) is 6.75. The van der Waals surface area contributed by atoms with Crippen molar-refractivity contribution >= 4 is 6.03 Å². The Hall–Kier alpha value is -1.55. The second-order valence-corrected chi connectivity index (χ2v) is 5.61. The number of carbonyl (C=O) groups is 1. The van der Waals surface area contributed by atoms with Crippen LogP contribution < -0.4 is 10.6 Å². The van der Waals surface area contributed by atoms with Gasteiger partial charge in [-0.15, -0.1) is 0 Å². The third kappa shape index (κ3) is 4.23. The van der Waals surface area contributed by atoms with E-state index in [1.54, 1.807) is 0 Å². The van der Waals surface area contributed by atoms with Crippen LogP contribution >= 0.6 is 0 Å². The Bertz CT molecular complexity index is 438. The smallest absolute Gasteiger partial charge is 0.314 e. The Morgan fingerprint density at radius 2 is 1.85 bits per heavy atom. The van der Waals surface area contributed by atoms with Crippen LogP contribution in [0.3, 0.4) is 0 Å². The van der Waals surface area contributed by atoms with Crippen LogP contribution in [0.5, 0.6) is 0 Å². The van der Waals surface area contributed by atoms with Gasteiger partial charge in [-0.3, -0.25) is 0 Å². The lowest BCUT2D eigenvalue weighted by Crippen LogP contribution is -2.50. The molecule has 1 fully saturated rings. The first-order chi connectivity index (χ1) is 9.61. The lowest BCUT2D eigenvalue weighted by atomic mass is 9.80. The highest BCUT2D eigenvalue weighted by Gasteiger charge is 2.34. The van der Waals surface area contributed by atoms with Crippen molar-refractivity contribution in [1.29, 1.82) is 0 Å². The first-order valence-corrected chi connectivity index (χ1v) is 7.43. The van der Waals surface area contributed by atoms with E-state index in [0.717, 1.165) is 32.1 Å². The molecular weight excluding hydrogens is 252 g/mol. The van der Waals surface area contributed by atoms with Gasteiger partial charge in [-0.25, -0.2) is 4.79 Å². The maximum atomic E-state index is 11.6. The van der Waals surface area contributed by atoms with Crippen LogP contribution in [-0.2, 0) is 12.8 Å². The number of hydrogen-bond acceptors (Lipinski definition) is 2.